The van der Waals surface area contributed by atoms with Crippen molar-refractivity contribution in [2.75, 3.05) is 45.2 Å². The second-order valence-corrected chi connectivity index (χ2v) is 10.0. The molecular weight excluding hydrogens is 457 g/mol. The highest BCUT2D eigenvalue weighted by Crippen LogP contribution is 2.40. The molecule has 0 aromatic heterocycles. The van der Waals surface area contributed by atoms with Crippen molar-refractivity contribution in [3.8, 4) is 6.07 Å². The lowest BCUT2D eigenvalue weighted by atomic mass is 9.78. The third-order valence-electron chi connectivity index (χ3n) is 7.73. The Balaban J connectivity index is 1.46. The van der Waals surface area contributed by atoms with Gasteiger partial charge in [0.1, 0.15) is 0 Å². The molecule has 0 N–H and O–H groups in total. The SMILES string of the molecule is CN(C)C(=O)[C@@H]1CN(C(=O)C2CC=CC2)C[C@H]1C1CCN(c2ccc(C#N)c(C(F)(F)F)c2)CC1. The summed E-state index contributed by atoms with van der Waals surface area (Å²) in [4.78, 5) is 31.4. The second kappa shape index (κ2) is 9.92. The van der Waals surface area contributed by atoms with Gasteiger partial charge in [-0.1, -0.05) is 12.2 Å². The molecule has 4 rings (SSSR count). The lowest BCUT2D eigenvalue weighted by Gasteiger charge is -2.38. The van der Waals surface area contributed by atoms with Crippen molar-refractivity contribution >= 4 is 17.5 Å². The molecule has 0 bridgehead atoms. The van der Waals surface area contributed by atoms with E-state index in [0.717, 1.165) is 31.7 Å². The summed E-state index contributed by atoms with van der Waals surface area (Å²) in [7, 11) is 3.47. The van der Waals surface area contributed by atoms with E-state index in [1.165, 1.54) is 6.07 Å². The molecular formula is C26H31F3N4O2. The van der Waals surface area contributed by atoms with Gasteiger partial charge in [-0.2, -0.15) is 18.4 Å². The van der Waals surface area contributed by atoms with Gasteiger partial charge in [0.15, 0.2) is 0 Å². The maximum Gasteiger partial charge on any atom is 0.417 e. The standard InChI is InChI=1S/C26H31F3N4O2/c1-31(2)25(35)22-16-33(24(34)18-5-3-4-6-18)15-21(22)17-9-11-32(12-10-17)20-8-7-19(14-30)23(13-20)26(27,28)29/h3-4,7-8,13,17-18,21-22H,5-6,9-12,15-16H2,1-2H3/t21-,22+/m0/s1. The maximum absolute atomic E-state index is 13.4. The molecule has 2 saturated heterocycles. The Morgan fingerprint density at radius 3 is 2.31 bits per heavy atom. The lowest BCUT2D eigenvalue weighted by Crippen LogP contribution is -2.41. The molecule has 35 heavy (non-hydrogen) atoms. The number of amides is 2. The Kier molecular flexibility index (Phi) is 7.11. The number of allylic oxidation sites excluding steroid dienone is 2. The summed E-state index contributed by atoms with van der Waals surface area (Å²) in [6, 6.07) is 5.48. The number of anilines is 1. The fourth-order valence-electron chi connectivity index (χ4n) is 5.80. The van der Waals surface area contributed by atoms with E-state index in [1.807, 2.05) is 22.0 Å². The molecule has 2 atom stereocenters. The van der Waals surface area contributed by atoms with Crippen LogP contribution in [-0.2, 0) is 15.8 Å². The molecule has 1 aliphatic carbocycles. The zero-order valence-electron chi connectivity index (χ0n) is 20.1. The number of benzene rings is 1. The largest absolute Gasteiger partial charge is 0.417 e. The van der Waals surface area contributed by atoms with Crippen molar-refractivity contribution in [2.24, 2.45) is 23.7 Å². The maximum atomic E-state index is 13.4. The summed E-state index contributed by atoms with van der Waals surface area (Å²) >= 11 is 0. The molecule has 0 spiro atoms. The number of likely N-dealkylation sites (tertiary alicyclic amines) is 1. The van der Waals surface area contributed by atoms with Crippen LogP contribution >= 0.6 is 0 Å². The van der Waals surface area contributed by atoms with Crippen molar-refractivity contribution in [1.29, 1.82) is 5.26 Å². The molecule has 3 aliphatic rings. The predicted octanol–water partition coefficient (Wildman–Crippen LogP) is 3.92. The van der Waals surface area contributed by atoms with Crippen molar-refractivity contribution in [2.45, 2.75) is 31.9 Å². The van der Waals surface area contributed by atoms with Gasteiger partial charge >= 0.3 is 6.18 Å². The first kappa shape index (κ1) is 25.1. The smallest absolute Gasteiger partial charge is 0.372 e. The fourth-order valence-corrected chi connectivity index (χ4v) is 5.80. The van der Waals surface area contributed by atoms with E-state index in [1.54, 1.807) is 31.1 Å². The summed E-state index contributed by atoms with van der Waals surface area (Å²) in [6.07, 6.45) is 2.42. The monoisotopic (exact) mass is 488 g/mol. The minimum atomic E-state index is -4.59. The summed E-state index contributed by atoms with van der Waals surface area (Å²) in [5, 5.41) is 9.05. The Labute approximate surface area is 204 Å². The van der Waals surface area contributed by atoms with E-state index < -0.39 is 11.7 Å². The van der Waals surface area contributed by atoms with E-state index >= 15 is 0 Å². The predicted molar refractivity (Wildman–Crippen MR) is 125 cm³/mol. The number of halogens is 3. The number of carbonyl (C=O) groups is 2. The van der Waals surface area contributed by atoms with E-state index in [9.17, 15) is 22.8 Å². The zero-order chi connectivity index (χ0) is 25.3. The Morgan fingerprint density at radius 2 is 1.74 bits per heavy atom. The average Bonchev–Trinajstić information content (AvgIpc) is 3.53. The second-order valence-electron chi connectivity index (χ2n) is 10.0. The molecule has 2 heterocycles. The Hall–Kier alpha value is -3.02. The first-order valence-corrected chi connectivity index (χ1v) is 12.1. The first-order chi connectivity index (χ1) is 16.6. The van der Waals surface area contributed by atoms with E-state index in [0.29, 0.717) is 31.9 Å². The molecule has 6 nitrogen and oxygen atoms in total. The molecule has 0 saturated carbocycles. The van der Waals surface area contributed by atoms with E-state index in [2.05, 4.69) is 0 Å². The zero-order valence-corrected chi connectivity index (χ0v) is 20.1. The number of rotatable bonds is 4. The minimum Gasteiger partial charge on any atom is -0.372 e. The number of alkyl halides is 3. The lowest BCUT2D eigenvalue weighted by molar-refractivity contribution is -0.138. The topological polar surface area (TPSA) is 67.7 Å². The van der Waals surface area contributed by atoms with Crippen LogP contribution in [0, 0.1) is 35.0 Å². The number of piperidine rings is 1. The highest BCUT2D eigenvalue weighted by molar-refractivity contribution is 5.83. The summed E-state index contributed by atoms with van der Waals surface area (Å²) < 4.78 is 40.2. The first-order valence-electron chi connectivity index (χ1n) is 12.1. The molecule has 9 heteroatoms. The van der Waals surface area contributed by atoms with Gasteiger partial charge in [0.25, 0.3) is 0 Å². The molecule has 188 valence electrons. The van der Waals surface area contributed by atoms with E-state index in [4.69, 9.17) is 5.26 Å². The van der Waals surface area contributed by atoms with Crippen molar-refractivity contribution in [3.63, 3.8) is 0 Å². The third-order valence-corrected chi connectivity index (χ3v) is 7.73. The molecule has 2 aliphatic heterocycles. The van der Waals surface area contributed by atoms with Crippen LogP contribution in [0.4, 0.5) is 18.9 Å². The van der Waals surface area contributed by atoms with Gasteiger partial charge in [0, 0.05) is 51.9 Å². The van der Waals surface area contributed by atoms with Crippen LogP contribution in [0.2, 0.25) is 0 Å². The van der Waals surface area contributed by atoms with Crippen LogP contribution in [0.25, 0.3) is 0 Å². The molecule has 1 aromatic rings. The van der Waals surface area contributed by atoms with Crippen molar-refractivity contribution < 1.29 is 22.8 Å². The van der Waals surface area contributed by atoms with E-state index in [-0.39, 0.29) is 41.0 Å². The van der Waals surface area contributed by atoms with Gasteiger partial charge in [0.05, 0.1) is 23.1 Å². The number of hydrogen-bond donors (Lipinski definition) is 0. The Bertz CT molecular complexity index is 1030. The average molecular weight is 489 g/mol. The molecule has 1 aromatic carbocycles. The normalized spacial score (nSPS) is 23.5. The van der Waals surface area contributed by atoms with Crippen LogP contribution < -0.4 is 4.90 Å². The van der Waals surface area contributed by atoms with Crippen molar-refractivity contribution in [3.05, 3.63) is 41.5 Å². The van der Waals surface area contributed by atoms with Gasteiger partial charge in [-0.25, -0.2) is 0 Å². The van der Waals surface area contributed by atoms with Gasteiger partial charge in [-0.15, -0.1) is 0 Å². The minimum absolute atomic E-state index is 0.0270. The van der Waals surface area contributed by atoms with Crippen molar-refractivity contribution in [1.82, 2.24) is 9.80 Å². The van der Waals surface area contributed by atoms with Crippen LogP contribution in [0.3, 0.4) is 0 Å². The molecule has 0 radical (unpaired) electrons. The molecule has 2 fully saturated rings. The highest BCUT2D eigenvalue weighted by atomic mass is 19.4. The van der Waals surface area contributed by atoms with Crippen LogP contribution in [-0.4, -0.2) is 61.9 Å². The fraction of sp³-hybridized carbons (Fsp3) is 0.577. The van der Waals surface area contributed by atoms with Gasteiger partial charge in [-0.3, -0.25) is 9.59 Å². The summed E-state index contributed by atoms with van der Waals surface area (Å²) in [5.74, 6) is 0.0941. The third kappa shape index (κ3) is 5.16. The van der Waals surface area contributed by atoms with Gasteiger partial charge in [-0.05, 0) is 55.7 Å². The van der Waals surface area contributed by atoms with Gasteiger partial charge in [0.2, 0.25) is 11.8 Å². The number of nitriles is 1. The Morgan fingerprint density at radius 1 is 1.09 bits per heavy atom. The quantitative estimate of drug-likeness (QED) is 0.603. The number of nitrogens with zero attached hydrogens (tertiary/aromatic N) is 4. The van der Waals surface area contributed by atoms with Crippen LogP contribution in [0.5, 0.6) is 0 Å². The summed E-state index contributed by atoms with van der Waals surface area (Å²) in [6.45, 7) is 2.11. The molecule has 0 unspecified atom stereocenters. The van der Waals surface area contributed by atoms with Crippen LogP contribution in [0.1, 0.15) is 36.8 Å². The number of hydrogen-bond acceptors (Lipinski definition) is 4. The van der Waals surface area contributed by atoms with Gasteiger partial charge < -0.3 is 14.7 Å². The molecule has 2 amide bonds. The van der Waals surface area contributed by atoms with Crippen LogP contribution in [0.15, 0.2) is 30.4 Å². The number of carbonyl (C=O) groups excluding carboxylic acids is 2. The summed E-state index contributed by atoms with van der Waals surface area (Å²) in [5.41, 5.74) is -0.843. The highest BCUT2D eigenvalue weighted by Gasteiger charge is 2.45.